The predicted molar refractivity (Wildman–Crippen MR) is 72.0 cm³/mol. The van der Waals surface area contributed by atoms with Gasteiger partial charge in [0.1, 0.15) is 0 Å². The number of aromatic nitrogens is 1. The lowest BCUT2D eigenvalue weighted by molar-refractivity contribution is -0.608. The van der Waals surface area contributed by atoms with Gasteiger partial charge in [0.15, 0.2) is 12.8 Å². The van der Waals surface area contributed by atoms with E-state index in [4.69, 9.17) is 4.74 Å². The van der Waals surface area contributed by atoms with Gasteiger partial charge in [-0.2, -0.15) is 4.73 Å². The minimum atomic E-state index is -0.820. The molecule has 0 aliphatic carbocycles. The number of Topliss-reactive ketones (excluding diaryl/α,β-unsaturated/α-hetero) is 1. The van der Waals surface area contributed by atoms with Crippen LogP contribution in [0.15, 0.2) is 40.3 Å². The summed E-state index contributed by atoms with van der Waals surface area (Å²) in [6, 6.07) is 7.76. The number of carbonyl (C=O) groups is 2. The highest BCUT2D eigenvalue weighted by atomic mass is 79.9. The fraction of sp³-hybridized carbons (Fsp3) is 0.0833. The topological polar surface area (TPSA) is 70.3 Å². The summed E-state index contributed by atoms with van der Waals surface area (Å²) in [6.07, 6.45) is 1.19. The van der Waals surface area contributed by atoms with Crippen LogP contribution in [-0.4, -0.2) is 18.4 Å². The van der Waals surface area contributed by atoms with Crippen LogP contribution >= 0.6 is 27.3 Å². The summed E-state index contributed by atoms with van der Waals surface area (Å²) in [5.74, 6) is -1.13. The number of nitrogens with zero attached hydrogens (tertiary/aromatic N) is 1. The summed E-state index contributed by atoms with van der Waals surface area (Å²) in [5.41, 5.74) is -0.150. The Morgan fingerprint density at radius 1 is 1.32 bits per heavy atom. The van der Waals surface area contributed by atoms with Gasteiger partial charge in [-0.25, -0.2) is 4.79 Å². The van der Waals surface area contributed by atoms with Crippen LogP contribution in [-0.2, 0) is 4.74 Å². The van der Waals surface area contributed by atoms with E-state index in [1.165, 1.54) is 29.7 Å². The van der Waals surface area contributed by atoms with E-state index in [9.17, 15) is 14.8 Å². The van der Waals surface area contributed by atoms with E-state index < -0.39 is 5.97 Å². The molecule has 7 heteroatoms. The molecule has 5 nitrogen and oxygen atoms in total. The molecular formula is C12H8BrNO4S. The summed E-state index contributed by atoms with van der Waals surface area (Å²) in [6.45, 7) is -0.388. The van der Waals surface area contributed by atoms with E-state index in [0.717, 1.165) is 3.79 Å². The minimum Gasteiger partial charge on any atom is -0.618 e. The Bertz CT molecular complexity index is 626. The molecule has 2 heterocycles. The molecule has 0 unspecified atom stereocenters. The molecule has 0 bridgehead atoms. The van der Waals surface area contributed by atoms with Crippen molar-refractivity contribution in [1.29, 1.82) is 0 Å². The van der Waals surface area contributed by atoms with Crippen LogP contribution in [0, 0.1) is 5.21 Å². The van der Waals surface area contributed by atoms with Crippen molar-refractivity contribution in [3.8, 4) is 0 Å². The zero-order chi connectivity index (χ0) is 13.8. The van der Waals surface area contributed by atoms with E-state index in [1.807, 2.05) is 0 Å². The van der Waals surface area contributed by atoms with Gasteiger partial charge in [0, 0.05) is 12.1 Å². The minimum absolute atomic E-state index is 0.150. The second kappa shape index (κ2) is 5.94. The highest BCUT2D eigenvalue weighted by Crippen LogP contribution is 2.22. The fourth-order valence-electron chi connectivity index (χ4n) is 1.33. The molecule has 2 aromatic rings. The largest absolute Gasteiger partial charge is 0.618 e. The fourth-order valence-corrected chi connectivity index (χ4v) is 2.64. The van der Waals surface area contributed by atoms with Crippen molar-refractivity contribution >= 4 is 39.0 Å². The number of halogens is 1. The SMILES string of the molecule is O=C(COC(=O)c1cccc[n+]1[O-])c1ccc(Br)s1. The van der Waals surface area contributed by atoms with Crippen molar-refractivity contribution in [3.05, 3.63) is 56.1 Å². The number of pyridine rings is 1. The normalized spacial score (nSPS) is 10.2. The smallest absolute Gasteiger partial charge is 0.405 e. The van der Waals surface area contributed by atoms with Gasteiger partial charge >= 0.3 is 11.7 Å². The Hall–Kier alpha value is -1.73. The second-order valence-corrected chi connectivity index (χ2v) is 5.98. The number of rotatable bonds is 4. The molecule has 2 aromatic heterocycles. The second-order valence-electron chi connectivity index (χ2n) is 3.51. The number of thiophene rings is 1. The summed E-state index contributed by atoms with van der Waals surface area (Å²) in [5, 5.41) is 11.3. The molecule has 0 N–H and O–H groups in total. The van der Waals surface area contributed by atoms with E-state index >= 15 is 0 Å². The highest BCUT2D eigenvalue weighted by molar-refractivity contribution is 9.11. The maximum atomic E-state index is 11.7. The summed E-state index contributed by atoms with van der Waals surface area (Å²) < 4.78 is 6.04. The van der Waals surface area contributed by atoms with Gasteiger partial charge in [-0.15, -0.1) is 11.3 Å². The van der Waals surface area contributed by atoms with Crippen molar-refractivity contribution < 1.29 is 19.1 Å². The van der Waals surface area contributed by atoms with Crippen molar-refractivity contribution in [1.82, 2.24) is 0 Å². The maximum Gasteiger partial charge on any atom is 0.405 e. The Morgan fingerprint density at radius 2 is 2.11 bits per heavy atom. The molecule has 0 spiro atoms. The molecule has 0 atom stereocenters. The van der Waals surface area contributed by atoms with Gasteiger partial charge in [-0.05, 0) is 34.1 Å². The molecule has 98 valence electrons. The molecule has 0 aliphatic heterocycles. The van der Waals surface area contributed by atoms with E-state index in [2.05, 4.69) is 15.9 Å². The molecule has 0 saturated carbocycles. The number of ketones is 1. The predicted octanol–water partition coefficient (Wildman–Crippen LogP) is 2.18. The van der Waals surface area contributed by atoms with Crippen molar-refractivity contribution in [2.24, 2.45) is 0 Å². The number of hydrogen-bond acceptors (Lipinski definition) is 5. The van der Waals surface area contributed by atoms with Crippen molar-refractivity contribution in [2.75, 3.05) is 6.61 Å². The summed E-state index contributed by atoms with van der Waals surface area (Å²) in [7, 11) is 0. The van der Waals surface area contributed by atoms with Crippen LogP contribution < -0.4 is 4.73 Å². The average molecular weight is 342 g/mol. The standard InChI is InChI=1S/C12H8BrNO4S/c13-11-5-4-10(19-11)9(15)7-18-12(16)8-3-1-2-6-14(8)17/h1-6H,7H2. The molecule has 0 amide bonds. The van der Waals surface area contributed by atoms with Gasteiger partial charge in [0.25, 0.3) is 0 Å². The van der Waals surface area contributed by atoms with E-state index in [1.54, 1.807) is 18.2 Å². The van der Waals surface area contributed by atoms with Crippen LogP contribution in [0.2, 0.25) is 0 Å². The van der Waals surface area contributed by atoms with E-state index in [-0.39, 0.29) is 18.1 Å². The van der Waals surface area contributed by atoms with Crippen LogP contribution in [0.3, 0.4) is 0 Å². The van der Waals surface area contributed by atoms with Crippen molar-refractivity contribution in [2.45, 2.75) is 0 Å². The van der Waals surface area contributed by atoms with Gasteiger partial charge in [0.05, 0.1) is 8.66 Å². The summed E-state index contributed by atoms with van der Waals surface area (Å²) >= 11 is 4.50. The first-order valence-corrected chi connectivity index (χ1v) is 6.83. The lowest BCUT2D eigenvalue weighted by Crippen LogP contribution is -2.35. The zero-order valence-corrected chi connectivity index (χ0v) is 11.9. The van der Waals surface area contributed by atoms with Crippen LogP contribution in [0.4, 0.5) is 0 Å². The van der Waals surface area contributed by atoms with E-state index in [0.29, 0.717) is 9.61 Å². The third-order valence-electron chi connectivity index (χ3n) is 2.22. The summed E-state index contributed by atoms with van der Waals surface area (Å²) in [4.78, 5) is 23.8. The first kappa shape index (κ1) is 13.7. The lowest BCUT2D eigenvalue weighted by atomic mass is 10.3. The Kier molecular flexibility index (Phi) is 4.28. The zero-order valence-electron chi connectivity index (χ0n) is 9.54. The number of carbonyl (C=O) groups excluding carboxylic acids is 2. The van der Waals surface area contributed by atoms with Crippen molar-refractivity contribution in [3.63, 3.8) is 0 Å². The van der Waals surface area contributed by atoms with Gasteiger partial charge in [0.2, 0.25) is 5.78 Å². The highest BCUT2D eigenvalue weighted by Gasteiger charge is 2.19. The monoisotopic (exact) mass is 341 g/mol. The molecular weight excluding hydrogens is 334 g/mol. The lowest BCUT2D eigenvalue weighted by Gasteiger charge is -2.03. The molecule has 19 heavy (non-hydrogen) atoms. The first-order valence-electron chi connectivity index (χ1n) is 5.22. The molecule has 0 saturated heterocycles. The Morgan fingerprint density at radius 3 is 2.74 bits per heavy atom. The number of ether oxygens (including phenoxy) is 1. The molecule has 0 radical (unpaired) electrons. The molecule has 0 fully saturated rings. The average Bonchev–Trinajstić information content (AvgIpc) is 2.83. The Labute approximate surface area is 121 Å². The van der Waals surface area contributed by atoms with Gasteiger partial charge < -0.3 is 9.94 Å². The quantitative estimate of drug-likeness (QED) is 0.370. The maximum absolute atomic E-state index is 11.7. The third-order valence-corrected chi connectivity index (χ3v) is 3.88. The molecule has 0 aliphatic rings. The number of esters is 1. The Balaban J connectivity index is 1.98. The van der Waals surface area contributed by atoms with Gasteiger partial charge in [-0.3, -0.25) is 4.79 Å². The molecule has 0 aromatic carbocycles. The molecule has 2 rings (SSSR count). The number of hydrogen-bond donors (Lipinski definition) is 0. The van der Waals surface area contributed by atoms with Crippen LogP contribution in [0.5, 0.6) is 0 Å². The van der Waals surface area contributed by atoms with Crippen LogP contribution in [0.25, 0.3) is 0 Å². The van der Waals surface area contributed by atoms with Crippen LogP contribution in [0.1, 0.15) is 20.2 Å². The van der Waals surface area contributed by atoms with Gasteiger partial charge in [-0.1, -0.05) is 0 Å². The third kappa shape index (κ3) is 3.39. The first-order chi connectivity index (χ1) is 9.08.